The quantitative estimate of drug-likeness (QED) is 0.442. The van der Waals surface area contributed by atoms with Crippen molar-refractivity contribution in [1.29, 1.82) is 5.26 Å². The van der Waals surface area contributed by atoms with Crippen molar-refractivity contribution in [2.24, 2.45) is 0 Å². The lowest BCUT2D eigenvalue weighted by Crippen LogP contribution is -2.46. The lowest BCUT2D eigenvalue weighted by Gasteiger charge is -2.37. The Bertz CT molecular complexity index is 590. The smallest absolute Gasteiger partial charge is 0.192 e. The van der Waals surface area contributed by atoms with Crippen LogP contribution < -0.4 is 4.74 Å². The zero-order valence-electron chi connectivity index (χ0n) is 17.6. The average Bonchev–Trinajstić information content (AvgIpc) is 2.62. The van der Waals surface area contributed by atoms with Crippen LogP contribution in [0.1, 0.15) is 46.1 Å². The Morgan fingerprint density at radius 1 is 1.15 bits per heavy atom. The number of nitriles is 1. The molecule has 0 radical (unpaired) electrons. The Morgan fingerprint density at radius 2 is 1.78 bits per heavy atom. The summed E-state index contributed by atoms with van der Waals surface area (Å²) in [5, 5.41) is 19.6. The lowest BCUT2D eigenvalue weighted by atomic mass is 10.2. The summed E-state index contributed by atoms with van der Waals surface area (Å²) in [6.07, 6.45) is 0.763. The molecule has 27 heavy (non-hydrogen) atoms. The van der Waals surface area contributed by atoms with E-state index in [4.69, 9.17) is 19.2 Å². The molecule has 5 nitrogen and oxygen atoms in total. The van der Waals surface area contributed by atoms with Crippen LogP contribution in [0.15, 0.2) is 24.3 Å². The third-order valence-corrected chi connectivity index (χ3v) is 9.58. The number of aliphatic hydroxyl groups is 1. The molecule has 0 amide bonds. The molecule has 0 saturated heterocycles. The highest BCUT2D eigenvalue weighted by Crippen LogP contribution is 2.36. The van der Waals surface area contributed by atoms with Gasteiger partial charge in [-0.05, 0) is 48.8 Å². The van der Waals surface area contributed by atoms with E-state index in [-0.39, 0.29) is 11.6 Å². The van der Waals surface area contributed by atoms with Crippen molar-refractivity contribution in [1.82, 2.24) is 0 Å². The summed E-state index contributed by atoms with van der Waals surface area (Å²) >= 11 is 0. The van der Waals surface area contributed by atoms with Gasteiger partial charge in [-0.15, -0.1) is 0 Å². The molecule has 0 aliphatic carbocycles. The van der Waals surface area contributed by atoms with Gasteiger partial charge >= 0.3 is 0 Å². The number of hydrogen-bond acceptors (Lipinski definition) is 5. The van der Waals surface area contributed by atoms with Crippen LogP contribution in [0.2, 0.25) is 18.1 Å². The molecule has 1 aromatic carbocycles. The molecule has 0 aromatic heterocycles. The first-order chi connectivity index (χ1) is 12.6. The Morgan fingerprint density at radius 3 is 2.30 bits per heavy atom. The van der Waals surface area contributed by atoms with Gasteiger partial charge < -0.3 is 19.0 Å². The molecule has 1 aromatic rings. The average molecular weight is 394 g/mol. The maximum absolute atomic E-state index is 10.6. The van der Waals surface area contributed by atoms with Crippen LogP contribution in [-0.4, -0.2) is 45.5 Å². The Labute approximate surface area is 165 Å². The van der Waals surface area contributed by atoms with Gasteiger partial charge in [0.1, 0.15) is 24.6 Å². The van der Waals surface area contributed by atoms with E-state index in [0.29, 0.717) is 24.5 Å². The molecule has 0 aliphatic heterocycles. The zero-order chi connectivity index (χ0) is 20.5. The molecule has 0 spiro atoms. The van der Waals surface area contributed by atoms with E-state index < -0.39 is 20.5 Å². The van der Waals surface area contributed by atoms with E-state index >= 15 is 0 Å². The number of hydrogen-bond donors (Lipinski definition) is 1. The molecule has 6 heteroatoms. The third-order valence-electron chi connectivity index (χ3n) is 5.08. The van der Waals surface area contributed by atoms with Crippen molar-refractivity contribution < 1.29 is 19.0 Å². The van der Waals surface area contributed by atoms with E-state index in [1.807, 2.05) is 0 Å². The number of aliphatic hydroxyl groups excluding tert-OH is 1. The standard InChI is InChI=1S/C21H35NO4Si/c1-7-8-13-24-20(16-26-27(5,6)21(2,3)4)19(23)15-25-18-11-9-17(14-22)10-12-18/h9-12,19-20,23H,7-8,13,15-16H2,1-6H3/t19-,20+/m1/s1. The van der Waals surface area contributed by atoms with Gasteiger partial charge in [0.2, 0.25) is 0 Å². The maximum atomic E-state index is 10.6. The van der Waals surface area contributed by atoms with Crippen LogP contribution >= 0.6 is 0 Å². The van der Waals surface area contributed by atoms with Gasteiger partial charge in [-0.2, -0.15) is 5.26 Å². The first kappa shape index (κ1) is 23.6. The topological polar surface area (TPSA) is 71.7 Å². The van der Waals surface area contributed by atoms with Gasteiger partial charge in [0.25, 0.3) is 0 Å². The van der Waals surface area contributed by atoms with E-state index in [9.17, 15) is 5.11 Å². The summed E-state index contributed by atoms with van der Waals surface area (Å²) in [5.41, 5.74) is 0.575. The highest BCUT2D eigenvalue weighted by atomic mass is 28.4. The molecule has 152 valence electrons. The number of rotatable bonds is 11. The van der Waals surface area contributed by atoms with Crippen molar-refractivity contribution in [3.05, 3.63) is 29.8 Å². The number of ether oxygens (including phenoxy) is 2. The fourth-order valence-electron chi connectivity index (χ4n) is 2.07. The molecule has 0 fully saturated rings. The maximum Gasteiger partial charge on any atom is 0.192 e. The minimum absolute atomic E-state index is 0.102. The van der Waals surface area contributed by atoms with E-state index in [0.717, 1.165) is 12.8 Å². The second kappa shape index (κ2) is 10.8. The number of benzene rings is 1. The van der Waals surface area contributed by atoms with Crippen molar-refractivity contribution in [3.63, 3.8) is 0 Å². The van der Waals surface area contributed by atoms with Gasteiger partial charge in [0, 0.05) is 6.61 Å². The molecular formula is C21H35NO4Si. The minimum atomic E-state index is -1.92. The van der Waals surface area contributed by atoms with Gasteiger partial charge in [0.15, 0.2) is 8.32 Å². The zero-order valence-corrected chi connectivity index (χ0v) is 18.6. The first-order valence-electron chi connectivity index (χ1n) is 9.67. The summed E-state index contributed by atoms with van der Waals surface area (Å²) in [6, 6.07) is 8.91. The third kappa shape index (κ3) is 8.02. The van der Waals surface area contributed by atoms with Crippen molar-refractivity contribution >= 4 is 8.32 Å². The molecule has 1 rings (SSSR count). The second-order valence-corrected chi connectivity index (χ2v) is 13.2. The van der Waals surface area contributed by atoms with E-state index in [1.165, 1.54) is 0 Å². The van der Waals surface area contributed by atoms with Crippen LogP contribution in [0.4, 0.5) is 0 Å². The molecule has 0 bridgehead atoms. The van der Waals surface area contributed by atoms with Crippen molar-refractivity contribution in [3.8, 4) is 11.8 Å². The van der Waals surface area contributed by atoms with Gasteiger partial charge in [-0.1, -0.05) is 34.1 Å². The monoisotopic (exact) mass is 393 g/mol. The molecule has 0 heterocycles. The number of nitrogens with zero attached hydrogens (tertiary/aromatic N) is 1. The lowest BCUT2D eigenvalue weighted by molar-refractivity contribution is -0.0742. The van der Waals surface area contributed by atoms with Crippen LogP contribution in [0.5, 0.6) is 5.75 Å². The highest BCUT2D eigenvalue weighted by molar-refractivity contribution is 6.74. The first-order valence-corrected chi connectivity index (χ1v) is 12.6. The fraction of sp³-hybridized carbons (Fsp3) is 0.667. The van der Waals surface area contributed by atoms with Crippen LogP contribution in [0.25, 0.3) is 0 Å². The van der Waals surface area contributed by atoms with Crippen LogP contribution in [-0.2, 0) is 9.16 Å². The van der Waals surface area contributed by atoms with Crippen molar-refractivity contribution in [2.45, 2.75) is 70.9 Å². The van der Waals surface area contributed by atoms with Crippen LogP contribution in [0.3, 0.4) is 0 Å². The molecule has 2 atom stereocenters. The Balaban J connectivity index is 2.66. The Kier molecular flexibility index (Phi) is 9.47. The molecule has 0 unspecified atom stereocenters. The predicted octanol–water partition coefficient (Wildman–Crippen LogP) is 4.51. The Hall–Kier alpha value is -1.39. The SMILES string of the molecule is CCCCO[C@@H](CO[Si](C)(C)C(C)(C)C)[C@H](O)COc1ccc(C#N)cc1. The molecule has 1 N–H and O–H groups in total. The second-order valence-electron chi connectivity index (χ2n) is 8.35. The summed E-state index contributed by atoms with van der Waals surface area (Å²) in [6.45, 7) is 14.1. The van der Waals surface area contributed by atoms with E-state index in [1.54, 1.807) is 24.3 Å². The predicted molar refractivity (Wildman–Crippen MR) is 110 cm³/mol. The van der Waals surface area contributed by atoms with Gasteiger partial charge in [0.05, 0.1) is 18.2 Å². The van der Waals surface area contributed by atoms with E-state index in [2.05, 4.69) is 46.9 Å². The summed E-state index contributed by atoms with van der Waals surface area (Å²) in [7, 11) is -1.92. The van der Waals surface area contributed by atoms with Gasteiger partial charge in [-0.25, -0.2) is 0 Å². The van der Waals surface area contributed by atoms with Crippen LogP contribution in [0, 0.1) is 11.3 Å². The minimum Gasteiger partial charge on any atom is -0.491 e. The van der Waals surface area contributed by atoms with Crippen molar-refractivity contribution in [2.75, 3.05) is 19.8 Å². The summed E-state index contributed by atoms with van der Waals surface area (Å²) in [5.74, 6) is 0.616. The summed E-state index contributed by atoms with van der Waals surface area (Å²) in [4.78, 5) is 0. The highest BCUT2D eigenvalue weighted by Gasteiger charge is 2.38. The summed E-state index contributed by atoms with van der Waals surface area (Å²) < 4.78 is 17.8. The largest absolute Gasteiger partial charge is 0.491 e. The fourth-order valence-corrected chi connectivity index (χ4v) is 3.08. The number of unbranched alkanes of at least 4 members (excludes halogenated alkanes) is 1. The molecule has 0 saturated carbocycles. The normalized spacial score (nSPS) is 14.4. The molecule has 0 aliphatic rings. The van der Waals surface area contributed by atoms with Gasteiger partial charge in [-0.3, -0.25) is 0 Å². The molecular weight excluding hydrogens is 358 g/mol.